The quantitative estimate of drug-likeness (QED) is 0.725. The summed E-state index contributed by atoms with van der Waals surface area (Å²) >= 11 is 0. The van der Waals surface area contributed by atoms with Gasteiger partial charge in [-0.25, -0.2) is 4.98 Å². The van der Waals surface area contributed by atoms with Gasteiger partial charge in [0.2, 0.25) is 0 Å². The third kappa shape index (κ3) is 5.24. The fraction of sp³-hybridized carbons (Fsp3) is 0.412. The number of benzene rings is 1. The summed E-state index contributed by atoms with van der Waals surface area (Å²) in [5.41, 5.74) is 0.668. The zero-order valence-electron chi connectivity index (χ0n) is 13.0. The maximum Gasteiger partial charge on any atom is 0.251 e. The maximum atomic E-state index is 11.9. The number of aromatic nitrogens is 2. The van der Waals surface area contributed by atoms with Crippen LogP contribution in [0.5, 0.6) is 5.75 Å². The molecule has 0 saturated heterocycles. The van der Waals surface area contributed by atoms with Crippen LogP contribution in [0.3, 0.4) is 0 Å². The van der Waals surface area contributed by atoms with E-state index in [1.807, 2.05) is 12.5 Å². The average Bonchev–Trinajstić information content (AvgIpc) is 3.07. The number of methoxy groups -OCH3 is 1. The molecule has 0 atom stereocenters. The number of rotatable bonds is 9. The van der Waals surface area contributed by atoms with Crippen molar-refractivity contribution >= 4 is 5.91 Å². The molecule has 22 heavy (non-hydrogen) atoms. The van der Waals surface area contributed by atoms with Crippen LogP contribution in [0.15, 0.2) is 43.0 Å². The third-order valence-electron chi connectivity index (χ3n) is 3.54. The zero-order chi connectivity index (χ0) is 15.6. The smallest absolute Gasteiger partial charge is 0.251 e. The number of imidazole rings is 1. The van der Waals surface area contributed by atoms with Gasteiger partial charge in [0.25, 0.3) is 5.91 Å². The van der Waals surface area contributed by atoms with Gasteiger partial charge < -0.3 is 14.6 Å². The van der Waals surface area contributed by atoms with Gasteiger partial charge in [-0.05, 0) is 37.1 Å². The molecule has 2 rings (SSSR count). The number of carbonyl (C=O) groups is 1. The van der Waals surface area contributed by atoms with Gasteiger partial charge in [-0.2, -0.15) is 0 Å². The van der Waals surface area contributed by atoms with Crippen molar-refractivity contribution in [3.05, 3.63) is 48.5 Å². The molecule has 5 heteroatoms. The summed E-state index contributed by atoms with van der Waals surface area (Å²) in [7, 11) is 1.61. The molecule has 0 radical (unpaired) electrons. The highest BCUT2D eigenvalue weighted by molar-refractivity contribution is 5.94. The number of ether oxygens (including phenoxy) is 1. The van der Waals surface area contributed by atoms with Crippen molar-refractivity contribution in [2.45, 2.75) is 32.2 Å². The highest BCUT2D eigenvalue weighted by atomic mass is 16.5. The van der Waals surface area contributed by atoms with Crippen LogP contribution in [0.25, 0.3) is 0 Å². The van der Waals surface area contributed by atoms with Gasteiger partial charge >= 0.3 is 0 Å². The molecular weight excluding hydrogens is 278 g/mol. The molecule has 0 aliphatic heterocycles. The summed E-state index contributed by atoms with van der Waals surface area (Å²) in [6.45, 7) is 1.73. The van der Waals surface area contributed by atoms with E-state index in [2.05, 4.69) is 14.9 Å². The van der Waals surface area contributed by atoms with E-state index in [0.29, 0.717) is 5.56 Å². The molecule has 1 aromatic carbocycles. The lowest BCUT2D eigenvalue weighted by Gasteiger charge is -2.06. The molecule has 1 N–H and O–H groups in total. The fourth-order valence-electron chi connectivity index (χ4n) is 2.24. The Hall–Kier alpha value is -2.30. The Labute approximate surface area is 131 Å². The Morgan fingerprint density at radius 3 is 2.64 bits per heavy atom. The van der Waals surface area contributed by atoms with Gasteiger partial charge in [-0.15, -0.1) is 0 Å². The minimum Gasteiger partial charge on any atom is -0.497 e. The predicted molar refractivity (Wildman–Crippen MR) is 86.0 cm³/mol. The Bertz CT molecular complexity index is 550. The SMILES string of the molecule is COc1ccc(C(=O)NCCCCCCn2ccnc2)cc1. The van der Waals surface area contributed by atoms with E-state index in [-0.39, 0.29) is 5.91 Å². The lowest BCUT2D eigenvalue weighted by Crippen LogP contribution is -2.24. The first-order valence-corrected chi connectivity index (χ1v) is 7.67. The number of nitrogens with zero attached hydrogens (tertiary/aromatic N) is 2. The van der Waals surface area contributed by atoms with E-state index in [4.69, 9.17) is 4.74 Å². The molecule has 0 saturated carbocycles. The summed E-state index contributed by atoms with van der Waals surface area (Å²) in [4.78, 5) is 15.9. The van der Waals surface area contributed by atoms with Gasteiger partial charge in [-0.1, -0.05) is 12.8 Å². The lowest BCUT2D eigenvalue weighted by atomic mass is 10.1. The topological polar surface area (TPSA) is 56.1 Å². The lowest BCUT2D eigenvalue weighted by molar-refractivity contribution is 0.0953. The number of hydrogen-bond acceptors (Lipinski definition) is 3. The van der Waals surface area contributed by atoms with Crippen LogP contribution in [-0.4, -0.2) is 29.1 Å². The van der Waals surface area contributed by atoms with E-state index in [1.165, 1.54) is 0 Å². The molecule has 2 aromatic rings. The molecule has 0 aliphatic rings. The Balaban J connectivity index is 1.55. The summed E-state index contributed by atoms with van der Waals surface area (Å²) in [5, 5.41) is 2.95. The van der Waals surface area contributed by atoms with Gasteiger partial charge in [0.05, 0.1) is 13.4 Å². The van der Waals surface area contributed by atoms with Crippen molar-refractivity contribution in [1.29, 1.82) is 0 Å². The van der Waals surface area contributed by atoms with Crippen LogP contribution in [0.1, 0.15) is 36.0 Å². The first-order valence-electron chi connectivity index (χ1n) is 7.67. The number of unbranched alkanes of at least 4 members (excludes halogenated alkanes) is 3. The predicted octanol–water partition coefficient (Wildman–Crippen LogP) is 2.88. The molecule has 0 unspecified atom stereocenters. The number of hydrogen-bond donors (Lipinski definition) is 1. The average molecular weight is 301 g/mol. The van der Waals surface area contributed by atoms with Gasteiger partial charge in [0.15, 0.2) is 0 Å². The van der Waals surface area contributed by atoms with E-state index in [0.717, 1.165) is 44.5 Å². The minimum atomic E-state index is -0.0268. The standard InChI is InChI=1S/C17H23N3O2/c1-22-16-8-6-15(7-9-16)17(21)19-10-4-2-3-5-12-20-13-11-18-14-20/h6-9,11,13-14H,2-5,10,12H2,1H3,(H,19,21). The molecule has 1 heterocycles. The molecule has 0 spiro atoms. The number of nitrogens with one attached hydrogen (secondary N) is 1. The Morgan fingerprint density at radius 1 is 1.18 bits per heavy atom. The van der Waals surface area contributed by atoms with E-state index >= 15 is 0 Å². The zero-order valence-corrected chi connectivity index (χ0v) is 13.0. The first-order chi connectivity index (χ1) is 10.8. The van der Waals surface area contributed by atoms with Gasteiger partial charge in [0, 0.05) is 31.0 Å². The van der Waals surface area contributed by atoms with E-state index < -0.39 is 0 Å². The molecule has 1 amide bonds. The number of amides is 1. The monoisotopic (exact) mass is 301 g/mol. The summed E-state index contributed by atoms with van der Waals surface area (Å²) < 4.78 is 7.16. The Morgan fingerprint density at radius 2 is 1.95 bits per heavy atom. The van der Waals surface area contributed by atoms with Crippen LogP contribution in [0.4, 0.5) is 0 Å². The second-order valence-electron chi connectivity index (χ2n) is 5.20. The van der Waals surface area contributed by atoms with Crippen molar-refractivity contribution in [2.24, 2.45) is 0 Å². The van der Waals surface area contributed by atoms with Crippen molar-refractivity contribution < 1.29 is 9.53 Å². The van der Waals surface area contributed by atoms with Gasteiger partial charge in [-0.3, -0.25) is 4.79 Å². The van der Waals surface area contributed by atoms with Crippen LogP contribution in [-0.2, 0) is 6.54 Å². The summed E-state index contributed by atoms with van der Waals surface area (Å²) in [5.74, 6) is 0.732. The van der Waals surface area contributed by atoms with Crippen molar-refractivity contribution in [2.75, 3.05) is 13.7 Å². The highest BCUT2D eigenvalue weighted by Crippen LogP contribution is 2.11. The molecule has 5 nitrogen and oxygen atoms in total. The number of carbonyl (C=O) groups excluding carboxylic acids is 1. The minimum absolute atomic E-state index is 0.0268. The summed E-state index contributed by atoms with van der Waals surface area (Å²) in [6, 6.07) is 7.15. The van der Waals surface area contributed by atoms with Crippen LogP contribution >= 0.6 is 0 Å². The number of aryl methyl sites for hydroxylation is 1. The molecule has 0 bridgehead atoms. The third-order valence-corrected chi connectivity index (χ3v) is 3.54. The van der Waals surface area contributed by atoms with Crippen LogP contribution in [0, 0.1) is 0 Å². The largest absolute Gasteiger partial charge is 0.497 e. The van der Waals surface area contributed by atoms with Crippen LogP contribution in [0.2, 0.25) is 0 Å². The first kappa shape index (κ1) is 16.1. The van der Waals surface area contributed by atoms with Crippen molar-refractivity contribution in [3.8, 4) is 5.75 Å². The second kappa shape index (κ2) is 8.87. The van der Waals surface area contributed by atoms with E-state index in [9.17, 15) is 4.79 Å². The molecule has 1 aromatic heterocycles. The molecule has 0 fully saturated rings. The molecule has 118 valence electrons. The second-order valence-corrected chi connectivity index (χ2v) is 5.20. The Kier molecular flexibility index (Phi) is 6.48. The molecular formula is C17H23N3O2. The summed E-state index contributed by atoms with van der Waals surface area (Å²) in [6.07, 6.45) is 10.1. The molecule has 0 aliphatic carbocycles. The van der Waals surface area contributed by atoms with Gasteiger partial charge in [0.1, 0.15) is 5.75 Å². The van der Waals surface area contributed by atoms with Crippen molar-refractivity contribution in [3.63, 3.8) is 0 Å². The highest BCUT2D eigenvalue weighted by Gasteiger charge is 2.04. The van der Waals surface area contributed by atoms with E-state index in [1.54, 1.807) is 37.6 Å². The maximum absolute atomic E-state index is 11.9. The van der Waals surface area contributed by atoms with Crippen molar-refractivity contribution in [1.82, 2.24) is 14.9 Å². The van der Waals surface area contributed by atoms with Crippen LogP contribution < -0.4 is 10.1 Å². The normalized spacial score (nSPS) is 10.4. The fourth-order valence-corrected chi connectivity index (χ4v) is 2.24.